The van der Waals surface area contributed by atoms with Crippen LogP contribution in [-0.4, -0.2) is 82.6 Å². The van der Waals surface area contributed by atoms with E-state index in [1.807, 2.05) is 20.8 Å². The zero-order valence-corrected chi connectivity index (χ0v) is 18.3. The standard InChI is InChI=1S/C23H30N4O4/c1-14(2)19(27-21(29)17-6-4-5-7-18(17)22(27)30)23(31)26-12-10-25(11-13-26)15(3)20(28)24-16-8-9-16/h4-7,14-16,19H,8-13H2,1-3H3,(H,24,28). The highest BCUT2D eigenvalue weighted by Crippen LogP contribution is 2.28. The van der Waals surface area contributed by atoms with E-state index in [9.17, 15) is 19.2 Å². The van der Waals surface area contributed by atoms with Crippen LogP contribution in [0.2, 0.25) is 0 Å². The van der Waals surface area contributed by atoms with Crippen LogP contribution in [-0.2, 0) is 9.59 Å². The van der Waals surface area contributed by atoms with Gasteiger partial charge in [0.25, 0.3) is 11.8 Å². The van der Waals surface area contributed by atoms with E-state index in [-0.39, 0.29) is 23.8 Å². The summed E-state index contributed by atoms with van der Waals surface area (Å²) in [6.07, 6.45) is 2.10. The zero-order valence-electron chi connectivity index (χ0n) is 18.3. The fourth-order valence-electron chi connectivity index (χ4n) is 4.39. The number of carbonyl (C=O) groups excluding carboxylic acids is 4. The van der Waals surface area contributed by atoms with E-state index in [2.05, 4.69) is 10.2 Å². The van der Waals surface area contributed by atoms with Crippen molar-refractivity contribution < 1.29 is 19.2 Å². The van der Waals surface area contributed by atoms with Crippen LogP contribution in [0.3, 0.4) is 0 Å². The maximum Gasteiger partial charge on any atom is 0.262 e. The number of hydrogen-bond donors (Lipinski definition) is 1. The summed E-state index contributed by atoms with van der Waals surface area (Å²) in [4.78, 5) is 56.6. The van der Waals surface area contributed by atoms with Crippen LogP contribution < -0.4 is 5.32 Å². The molecule has 0 bridgehead atoms. The Morgan fingerprint density at radius 1 is 0.935 bits per heavy atom. The molecule has 8 heteroatoms. The van der Waals surface area contributed by atoms with Crippen molar-refractivity contribution in [1.82, 2.24) is 20.0 Å². The number of nitrogens with one attached hydrogen (secondary N) is 1. The molecule has 166 valence electrons. The Morgan fingerprint density at radius 3 is 1.97 bits per heavy atom. The van der Waals surface area contributed by atoms with Gasteiger partial charge in [0.05, 0.1) is 17.2 Å². The number of rotatable bonds is 6. The number of carbonyl (C=O) groups is 4. The SMILES string of the molecule is CC(C)C(C(=O)N1CCN(C(C)C(=O)NC2CC2)CC1)N1C(=O)c2ccccc2C1=O. The Labute approximate surface area is 182 Å². The third kappa shape index (κ3) is 4.08. The summed E-state index contributed by atoms with van der Waals surface area (Å²) in [6, 6.07) is 5.95. The lowest BCUT2D eigenvalue weighted by Crippen LogP contribution is -2.59. The number of amides is 4. The summed E-state index contributed by atoms with van der Waals surface area (Å²) in [6.45, 7) is 7.69. The molecule has 3 aliphatic rings. The average Bonchev–Trinajstić information content (AvgIpc) is 3.55. The normalized spacial score (nSPS) is 21.3. The molecule has 4 amide bonds. The highest BCUT2D eigenvalue weighted by atomic mass is 16.2. The van der Waals surface area contributed by atoms with Gasteiger partial charge in [0.15, 0.2) is 0 Å². The van der Waals surface area contributed by atoms with E-state index in [0.29, 0.717) is 43.3 Å². The predicted octanol–water partition coefficient (Wildman–Crippen LogP) is 1.12. The molecule has 1 aromatic rings. The van der Waals surface area contributed by atoms with Crippen molar-refractivity contribution in [1.29, 1.82) is 0 Å². The summed E-state index contributed by atoms with van der Waals surface area (Å²) in [7, 11) is 0. The van der Waals surface area contributed by atoms with E-state index in [4.69, 9.17) is 0 Å². The third-order valence-corrected chi connectivity index (χ3v) is 6.46. The molecule has 1 saturated heterocycles. The van der Waals surface area contributed by atoms with Crippen molar-refractivity contribution in [2.75, 3.05) is 26.2 Å². The number of fused-ring (bicyclic) bond motifs is 1. The Bertz CT molecular complexity index is 868. The maximum absolute atomic E-state index is 13.4. The molecule has 4 rings (SSSR count). The largest absolute Gasteiger partial charge is 0.352 e. The first kappa shape index (κ1) is 21.5. The molecule has 0 aromatic heterocycles. The van der Waals surface area contributed by atoms with Crippen LogP contribution in [0.15, 0.2) is 24.3 Å². The van der Waals surface area contributed by atoms with Crippen molar-refractivity contribution in [3.05, 3.63) is 35.4 Å². The van der Waals surface area contributed by atoms with Gasteiger partial charge < -0.3 is 10.2 Å². The molecule has 1 aromatic carbocycles. The van der Waals surface area contributed by atoms with Gasteiger partial charge in [-0.1, -0.05) is 26.0 Å². The molecule has 2 unspecified atom stereocenters. The zero-order chi connectivity index (χ0) is 22.3. The number of benzene rings is 1. The Kier molecular flexibility index (Phi) is 5.83. The van der Waals surface area contributed by atoms with E-state index < -0.39 is 17.9 Å². The molecule has 8 nitrogen and oxygen atoms in total. The van der Waals surface area contributed by atoms with Gasteiger partial charge in [-0.25, -0.2) is 0 Å². The molecule has 1 saturated carbocycles. The van der Waals surface area contributed by atoms with E-state index in [1.54, 1.807) is 29.2 Å². The summed E-state index contributed by atoms with van der Waals surface area (Å²) < 4.78 is 0. The number of piperazine rings is 1. The molecule has 31 heavy (non-hydrogen) atoms. The Balaban J connectivity index is 1.42. The van der Waals surface area contributed by atoms with E-state index in [0.717, 1.165) is 17.7 Å². The van der Waals surface area contributed by atoms with Crippen molar-refractivity contribution in [2.45, 2.75) is 51.7 Å². The molecule has 1 aliphatic carbocycles. The van der Waals surface area contributed by atoms with Gasteiger partial charge in [0, 0.05) is 32.2 Å². The minimum atomic E-state index is -0.838. The minimum Gasteiger partial charge on any atom is -0.352 e. The highest BCUT2D eigenvalue weighted by Gasteiger charge is 2.45. The van der Waals surface area contributed by atoms with Gasteiger partial charge in [0.2, 0.25) is 11.8 Å². The fourth-order valence-corrected chi connectivity index (χ4v) is 4.39. The number of imide groups is 1. The van der Waals surface area contributed by atoms with Gasteiger partial charge in [-0.15, -0.1) is 0 Å². The van der Waals surface area contributed by atoms with Gasteiger partial charge in [-0.2, -0.15) is 0 Å². The van der Waals surface area contributed by atoms with E-state index >= 15 is 0 Å². The van der Waals surface area contributed by atoms with Crippen LogP contribution in [0.4, 0.5) is 0 Å². The summed E-state index contributed by atoms with van der Waals surface area (Å²) in [5, 5.41) is 3.03. The van der Waals surface area contributed by atoms with Gasteiger partial charge >= 0.3 is 0 Å². The van der Waals surface area contributed by atoms with Crippen molar-refractivity contribution in [3.8, 4) is 0 Å². The first-order valence-corrected chi connectivity index (χ1v) is 11.1. The Morgan fingerprint density at radius 2 is 1.48 bits per heavy atom. The second-order valence-corrected chi connectivity index (χ2v) is 9.03. The third-order valence-electron chi connectivity index (χ3n) is 6.46. The molecule has 0 spiro atoms. The molecular formula is C23H30N4O4. The van der Waals surface area contributed by atoms with Crippen LogP contribution in [0.1, 0.15) is 54.3 Å². The van der Waals surface area contributed by atoms with Crippen LogP contribution in [0.25, 0.3) is 0 Å². The highest BCUT2D eigenvalue weighted by molar-refractivity contribution is 6.22. The average molecular weight is 427 g/mol. The Hall–Kier alpha value is -2.74. The smallest absolute Gasteiger partial charge is 0.262 e. The van der Waals surface area contributed by atoms with Crippen molar-refractivity contribution >= 4 is 23.6 Å². The molecule has 2 fully saturated rings. The summed E-state index contributed by atoms with van der Waals surface area (Å²) >= 11 is 0. The molecule has 2 aliphatic heterocycles. The second-order valence-electron chi connectivity index (χ2n) is 9.03. The van der Waals surface area contributed by atoms with Gasteiger partial charge in [-0.3, -0.25) is 29.0 Å². The lowest BCUT2D eigenvalue weighted by Gasteiger charge is -2.40. The topological polar surface area (TPSA) is 90.0 Å². The lowest BCUT2D eigenvalue weighted by atomic mass is 10.00. The summed E-state index contributed by atoms with van der Waals surface area (Å²) in [5.74, 6) is -1.20. The minimum absolute atomic E-state index is 0.0355. The molecule has 1 N–H and O–H groups in total. The second kappa shape index (κ2) is 8.42. The summed E-state index contributed by atoms with van der Waals surface area (Å²) in [5.41, 5.74) is 0.706. The number of nitrogens with zero attached hydrogens (tertiary/aromatic N) is 3. The maximum atomic E-state index is 13.4. The molecule has 2 heterocycles. The quantitative estimate of drug-likeness (QED) is 0.689. The first-order valence-electron chi connectivity index (χ1n) is 11.1. The number of hydrogen-bond acceptors (Lipinski definition) is 5. The first-order chi connectivity index (χ1) is 14.8. The van der Waals surface area contributed by atoms with Gasteiger partial charge in [-0.05, 0) is 37.8 Å². The van der Waals surface area contributed by atoms with Crippen molar-refractivity contribution in [3.63, 3.8) is 0 Å². The molecule has 2 atom stereocenters. The van der Waals surface area contributed by atoms with Crippen LogP contribution >= 0.6 is 0 Å². The predicted molar refractivity (Wildman–Crippen MR) is 114 cm³/mol. The van der Waals surface area contributed by atoms with Crippen molar-refractivity contribution in [2.24, 2.45) is 5.92 Å². The molecular weight excluding hydrogens is 396 g/mol. The lowest BCUT2D eigenvalue weighted by molar-refractivity contribution is -0.139. The van der Waals surface area contributed by atoms with E-state index in [1.165, 1.54) is 0 Å². The monoisotopic (exact) mass is 426 g/mol. The molecule has 0 radical (unpaired) electrons. The fraction of sp³-hybridized carbons (Fsp3) is 0.565. The van der Waals surface area contributed by atoms with Crippen LogP contribution in [0.5, 0.6) is 0 Å². The van der Waals surface area contributed by atoms with Crippen LogP contribution in [0, 0.1) is 5.92 Å². The van der Waals surface area contributed by atoms with Gasteiger partial charge in [0.1, 0.15) is 6.04 Å².